The van der Waals surface area contributed by atoms with Crippen LogP contribution in [0.1, 0.15) is 18.4 Å². The normalized spacial score (nSPS) is 14.2. The third kappa shape index (κ3) is 2.98. The summed E-state index contributed by atoms with van der Waals surface area (Å²) >= 11 is 1.72. The van der Waals surface area contributed by atoms with Crippen LogP contribution in [0.4, 0.5) is 5.82 Å². The van der Waals surface area contributed by atoms with Crippen LogP contribution >= 0.6 is 11.3 Å². The van der Waals surface area contributed by atoms with Crippen LogP contribution in [0.5, 0.6) is 0 Å². The molecular formula is C22H20N4S. The van der Waals surface area contributed by atoms with Crippen molar-refractivity contribution in [2.75, 3.05) is 18.0 Å². The third-order valence-corrected chi connectivity index (χ3v) is 6.19. The molecule has 1 aliphatic rings. The van der Waals surface area contributed by atoms with Crippen LogP contribution in [0.3, 0.4) is 0 Å². The van der Waals surface area contributed by atoms with E-state index in [0.717, 1.165) is 40.0 Å². The number of aromatic nitrogens is 3. The van der Waals surface area contributed by atoms with Crippen molar-refractivity contribution in [2.45, 2.75) is 19.8 Å². The van der Waals surface area contributed by atoms with Gasteiger partial charge in [0.25, 0.3) is 0 Å². The number of hydrogen-bond donors (Lipinski definition) is 0. The zero-order chi connectivity index (χ0) is 18.2. The fourth-order valence-electron chi connectivity index (χ4n) is 3.65. The van der Waals surface area contributed by atoms with E-state index < -0.39 is 0 Å². The highest BCUT2D eigenvalue weighted by Gasteiger charge is 2.19. The molecule has 1 aliphatic heterocycles. The molecule has 5 heteroatoms. The van der Waals surface area contributed by atoms with Crippen LogP contribution in [0.2, 0.25) is 0 Å². The van der Waals surface area contributed by atoms with E-state index in [1.165, 1.54) is 29.2 Å². The lowest BCUT2D eigenvalue weighted by atomic mass is 10.1. The van der Waals surface area contributed by atoms with E-state index >= 15 is 0 Å². The van der Waals surface area contributed by atoms with Crippen molar-refractivity contribution in [2.24, 2.45) is 0 Å². The highest BCUT2D eigenvalue weighted by molar-refractivity contribution is 7.18. The monoisotopic (exact) mass is 372 g/mol. The SMILES string of the molecule is Cc1ccc(-c2ccc(-c3nnc(N4CCCC4)c4ccccc34)s2)nc1. The summed E-state index contributed by atoms with van der Waals surface area (Å²) in [4.78, 5) is 9.19. The van der Waals surface area contributed by atoms with Crippen molar-refractivity contribution in [3.63, 3.8) is 0 Å². The molecule has 27 heavy (non-hydrogen) atoms. The largest absolute Gasteiger partial charge is 0.355 e. The first kappa shape index (κ1) is 16.4. The van der Waals surface area contributed by atoms with Gasteiger partial charge in [0.05, 0.1) is 15.4 Å². The van der Waals surface area contributed by atoms with Crippen molar-refractivity contribution in [1.82, 2.24) is 15.2 Å². The Morgan fingerprint density at radius 1 is 0.852 bits per heavy atom. The van der Waals surface area contributed by atoms with E-state index in [1.54, 1.807) is 11.3 Å². The van der Waals surface area contributed by atoms with Gasteiger partial charge >= 0.3 is 0 Å². The summed E-state index contributed by atoms with van der Waals surface area (Å²) < 4.78 is 0. The molecule has 0 aliphatic carbocycles. The van der Waals surface area contributed by atoms with E-state index in [1.807, 2.05) is 6.20 Å². The van der Waals surface area contributed by atoms with Gasteiger partial charge in [0.2, 0.25) is 0 Å². The first-order valence-corrected chi connectivity index (χ1v) is 10.1. The summed E-state index contributed by atoms with van der Waals surface area (Å²) in [7, 11) is 0. The molecule has 0 saturated carbocycles. The van der Waals surface area contributed by atoms with Crippen LogP contribution in [0.25, 0.3) is 31.9 Å². The Bertz CT molecular complexity index is 1090. The Hall–Kier alpha value is -2.79. The van der Waals surface area contributed by atoms with Crippen molar-refractivity contribution >= 4 is 27.9 Å². The second kappa shape index (κ2) is 6.74. The Morgan fingerprint density at radius 3 is 2.41 bits per heavy atom. The predicted octanol–water partition coefficient (Wildman–Crippen LogP) is 5.33. The van der Waals surface area contributed by atoms with E-state index in [4.69, 9.17) is 0 Å². The van der Waals surface area contributed by atoms with E-state index in [-0.39, 0.29) is 0 Å². The van der Waals surface area contributed by atoms with Gasteiger partial charge in [-0.05, 0) is 43.5 Å². The molecule has 0 atom stereocenters. The van der Waals surface area contributed by atoms with Crippen LogP contribution in [0, 0.1) is 6.92 Å². The second-order valence-electron chi connectivity index (χ2n) is 7.00. The number of fused-ring (bicyclic) bond motifs is 1. The molecule has 0 amide bonds. The molecule has 4 nitrogen and oxygen atoms in total. The summed E-state index contributed by atoms with van der Waals surface area (Å²) in [6.07, 6.45) is 4.37. The molecular weight excluding hydrogens is 352 g/mol. The third-order valence-electron chi connectivity index (χ3n) is 5.08. The Labute approximate surface area is 162 Å². The van der Waals surface area contributed by atoms with Gasteiger partial charge in [0, 0.05) is 30.1 Å². The molecule has 4 aromatic rings. The minimum Gasteiger partial charge on any atom is -0.355 e. The lowest BCUT2D eigenvalue weighted by molar-refractivity contribution is 0.908. The molecule has 0 unspecified atom stereocenters. The van der Waals surface area contributed by atoms with Gasteiger partial charge in [0.15, 0.2) is 5.82 Å². The molecule has 0 spiro atoms. The van der Waals surface area contributed by atoms with E-state index in [0.29, 0.717) is 0 Å². The smallest absolute Gasteiger partial charge is 0.159 e. The van der Waals surface area contributed by atoms with E-state index in [9.17, 15) is 0 Å². The molecule has 0 radical (unpaired) electrons. The summed E-state index contributed by atoms with van der Waals surface area (Å²) in [5, 5.41) is 11.6. The molecule has 134 valence electrons. The number of hydrogen-bond acceptors (Lipinski definition) is 5. The molecule has 3 aromatic heterocycles. The Balaban J connectivity index is 1.60. The maximum absolute atomic E-state index is 4.64. The average Bonchev–Trinajstić information content (AvgIpc) is 3.40. The number of anilines is 1. The van der Waals surface area contributed by atoms with Gasteiger partial charge in [0.1, 0.15) is 5.69 Å². The first-order valence-electron chi connectivity index (χ1n) is 9.33. The lowest BCUT2D eigenvalue weighted by Gasteiger charge is -2.18. The van der Waals surface area contributed by atoms with Gasteiger partial charge in [-0.2, -0.15) is 0 Å². The summed E-state index contributed by atoms with van der Waals surface area (Å²) in [6, 6.07) is 16.9. The zero-order valence-corrected chi connectivity index (χ0v) is 16.0. The van der Waals surface area contributed by atoms with E-state index in [2.05, 4.69) is 75.5 Å². The van der Waals surface area contributed by atoms with Crippen LogP contribution in [-0.2, 0) is 0 Å². The van der Waals surface area contributed by atoms with Crippen molar-refractivity contribution < 1.29 is 0 Å². The molecule has 1 aromatic carbocycles. The predicted molar refractivity (Wildman–Crippen MR) is 112 cm³/mol. The molecule has 4 heterocycles. The van der Waals surface area contributed by atoms with Crippen molar-refractivity contribution in [1.29, 1.82) is 0 Å². The Morgan fingerprint density at radius 2 is 1.63 bits per heavy atom. The van der Waals surface area contributed by atoms with Gasteiger partial charge in [-0.1, -0.05) is 30.3 Å². The maximum Gasteiger partial charge on any atom is 0.159 e. The summed E-state index contributed by atoms with van der Waals surface area (Å²) in [5.74, 6) is 1.02. The van der Waals surface area contributed by atoms with Crippen LogP contribution in [0.15, 0.2) is 54.7 Å². The van der Waals surface area contributed by atoms with Gasteiger partial charge in [-0.25, -0.2) is 0 Å². The first-order chi connectivity index (χ1) is 13.3. The number of aryl methyl sites for hydroxylation is 1. The summed E-state index contributed by atoms with van der Waals surface area (Å²) in [5.41, 5.74) is 3.13. The minimum absolute atomic E-state index is 0.955. The second-order valence-corrected chi connectivity index (χ2v) is 8.08. The number of thiophene rings is 1. The van der Waals surface area contributed by atoms with Crippen LogP contribution in [-0.4, -0.2) is 28.3 Å². The minimum atomic E-state index is 0.955. The van der Waals surface area contributed by atoms with Crippen molar-refractivity contribution in [3.05, 3.63) is 60.3 Å². The molecule has 1 saturated heterocycles. The average molecular weight is 372 g/mol. The number of rotatable bonds is 3. The molecule has 0 N–H and O–H groups in total. The molecule has 5 rings (SSSR count). The fraction of sp³-hybridized carbons (Fsp3) is 0.227. The zero-order valence-electron chi connectivity index (χ0n) is 15.2. The lowest BCUT2D eigenvalue weighted by Crippen LogP contribution is -2.19. The topological polar surface area (TPSA) is 41.9 Å². The molecule has 1 fully saturated rings. The van der Waals surface area contributed by atoms with Gasteiger partial charge in [-0.15, -0.1) is 21.5 Å². The number of nitrogens with zero attached hydrogens (tertiary/aromatic N) is 4. The van der Waals surface area contributed by atoms with Crippen LogP contribution < -0.4 is 4.90 Å². The van der Waals surface area contributed by atoms with Crippen molar-refractivity contribution in [3.8, 4) is 21.1 Å². The summed E-state index contributed by atoms with van der Waals surface area (Å²) in [6.45, 7) is 4.20. The highest BCUT2D eigenvalue weighted by atomic mass is 32.1. The maximum atomic E-state index is 4.64. The standard InChI is InChI=1S/C22H20N4S/c1-15-8-9-18(23-14-15)19-10-11-20(27-19)21-16-6-2-3-7-17(16)22(25-24-21)26-12-4-5-13-26/h2-3,6-11,14H,4-5,12-13H2,1H3. The fourth-order valence-corrected chi connectivity index (χ4v) is 4.63. The number of benzene rings is 1. The highest BCUT2D eigenvalue weighted by Crippen LogP contribution is 2.37. The van der Waals surface area contributed by atoms with Gasteiger partial charge < -0.3 is 4.90 Å². The Kier molecular flexibility index (Phi) is 4.09. The quantitative estimate of drug-likeness (QED) is 0.487. The number of pyridine rings is 1. The van der Waals surface area contributed by atoms with Gasteiger partial charge in [-0.3, -0.25) is 4.98 Å². The molecule has 0 bridgehead atoms.